The summed E-state index contributed by atoms with van der Waals surface area (Å²) in [5.74, 6) is 1.44. The fourth-order valence-corrected chi connectivity index (χ4v) is 9.58. The van der Waals surface area contributed by atoms with E-state index in [0.717, 1.165) is 55.7 Å². The monoisotopic (exact) mass is 758 g/mol. The van der Waals surface area contributed by atoms with Crippen LogP contribution in [0.25, 0.3) is 71.7 Å². The molecular weight excluding hydrogens is 721 g/mol. The Morgan fingerprint density at radius 2 is 1.25 bits per heavy atom. The Hall–Kier alpha value is -7.50. The smallest absolute Gasteiger partial charge is 0.159 e. The van der Waals surface area contributed by atoms with Gasteiger partial charge in [0.25, 0.3) is 0 Å². The van der Waals surface area contributed by atoms with Gasteiger partial charge in [0.15, 0.2) is 5.84 Å². The minimum atomic E-state index is -0.351. The van der Waals surface area contributed by atoms with Crippen molar-refractivity contribution < 1.29 is 4.42 Å². The van der Waals surface area contributed by atoms with Crippen LogP contribution in [-0.4, -0.2) is 16.2 Å². The van der Waals surface area contributed by atoms with Gasteiger partial charge in [-0.2, -0.15) is 0 Å². The van der Waals surface area contributed by atoms with Crippen LogP contribution in [-0.2, 0) is 5.41 Å². The molecule has 0 bridgehead atoms. The molecule has 0 spiro atoms. The first-order valence-electron chi connectivity index (χ1n) is 20.3. The summed E-state index contributed by atoms with van der Waals surface area (Å²) in [6, 6.07) is 64.7. The van der Waals surface area contributed by atoms with Crippen molar-refractivity contribution in [2.75, 3.05) is 0 Å². The molecule has 2 aromatic heterocycles. The highest BCUT2D eigenvalue weighted by Crippen LogP contribution is 2.51. The largest absolute Gasteiger partial charge is 0.456 e. The molecule has 12 rings (SSSR count). The summed E-state index contributed by atoms with van der Waals surface area (Å²) in [6.07, 6.45) is -0.351. The lowest BCUT2D eigenvalue weighted by molar-refractivity contribution is 0.661. The van der Waals surface area contributed by atoms with Gasteiger partial charge in [-0.1, -0.05) is 147 Å². The number of nitrogens with zero attached hydrogens (tertiary/aromatic N) is 3. The van der Waals surface area contributed by atoms with Gasteiger partial charge in [0.2, 0.25) is 0 Å². The van der Waals surface area contributed by atoms with Gasteiger partial charge in [-0.05, 0) is 81.4 Å². The summed E-state index contributed by atoms with van der Waals surface area (Å²) in [7, 11) is 0. The number of fused-ring (bicyclic) bond motifs is 9. The van der Waals surface area contributed by atoms with E-state index in [1.165, 1.54) is 49.6 Å². The SMILES string of the molecule is CC1(C)c2ccccc2-c2cc3c4ccccc4n(-c4ccc5c(c4)oc4cccc(C6=NC(c7ccccc7)=NC(c7cccc(-c8ccccc8)c7)N6)c45)c3cc21. The quantitative estimate of drug-likeness (QED) is 0.190. The summed E-state index contributed by atoms with van der Waals surface area (Å²) < 4.78 is 9.16. The van der Waals surface area contributed by atoms with Crippen molar-refractivity contribution >= 4 is 55.4 Å². The normalized spacial score (nSPS) is 15.6. The molecule has 5 nitrogen and oxygen atoms in total. The zero-order chi connectivity index (χ0) is 39.2. The Balaban J connectivity index is 1.00. The topological polar surface area (TPSA) is 54.8 Å². The first-order chi connectivity index (χ1) is 29.0. The van der Waals surface area contributed by atoms with Crippen molar-refractivity contribution in [2.24, 2.45) is 9.98 Å². The second-order valence-corrected chi connectivity index (χ2v) is 16.2. The van der Waals surface area contributed by atoms with E-state index in [1.54, 1.807) is 0 Å². The van der Waals surface area contributed by atoms with Crippen LogP contribution in [0.4, 0.5) is 0 Å². The number of rotatable bonds is 5. The molecular formula is C54H38N4O. The van der Waals surface area contributed by atoms with Crippen molar-refractivity contribution in [3.8, 4) is 27.9 Å². The van der Waals surface area contributed by atoms with Crippen LogP contribution in [0.15, 0.2) is 196 Å². The summed E-state index contributed by atoms with van der Waals surface area (Å²) >= 11 is 0. The van der Waals surface area contributed by atoms with Crippen LogP contribution in [0.3, 0.4) is 0 Å². The van der Waals surface area contributed by atoms with Gasteiger partial charge in [-0.3, -0.25) is 0 Å². The predicted molar refractivity (Wildman–Crippen MR) is 243 cm³/mol. The zero-order valence-electron chi connectivity index (χ0n) is 32.6. The molecule has 8 aromatic carbocycles. The van der Waals surface area contributed by atoms with E-state index < -0.39 is 0 Å². The average molecular weight is 759 g/mol. The van der Waals surface area contributed by atoms with Crippen molar-refractivity contribution in [1.29, 1.82) is 0 Å². The van der Waals surface area contributed by atoms with Gasteiger partial charge in [0.05, 0.1) is 11.0 Å². The molecule has 1 aliphatic heterocycles. The van der Waals surface area contributed by atoms with Crippen molar-refractivity contribution in [1.82, 2.24) is 9.88 Å². The first kappa shape index (κ1) is 33.6. The van der Waals surface area contributed by atoms with E-state index in [9.17, 15) is 0 Å². The second kappa shape index (κ2) is 12.8. The number of furan rings is 1. The maximum absolute atomic E-state index is 6.76. The molecule has 1 aliphatic carbocycles. The predicted octanol–water partition coefficient (Wildman–Crippen LogP) is 13.2. The first-order valence-corrected chi connectivity index (χ1v) is 20.3. The number of aliphatic imine (C=N–C) groups is 2. The van der Waals surface area contributed by atoms with Gasteiger partial charge < -0.3 is 14.3 Å². The Morgan fingerprint density at radius 1 is 0.525 bits per heavy atom. The highest BCUT2D eigenvalue weighted by molar-refractivity contribution is 6.22. The van der Waals surface area contributed by atoms with Gasteiger partial charge in [-0.15, -0.1) is 0 Å². The molecule has 0 amide bonds. The fraction of sp³-hybridized carbons (Fsp3) is 0.0741. The summed E-state index contributed by atoms with van der Waals surface area (Å²) in [5, 5.41) is 8.28. The molecule has 1 unspecified atom stereocenters. The Morgan fingerprint density at radius 3 is 2.12 bits per heavy atom. The standard InChI is InChI=1S/C54H38N4O/c1-54(2)44-24-11-9-21-38(44)42-31-43-39-22-10-12-25-46(39)58(47(43)32-45(42)54)37-27-28-40-49(30-37)59-48-26-14-23-41(50(40)48)53-56-51(34-17-7-4-8-18-34)55-52(57-53)36-20-13-19-35(29-36)33-15-5-3-6-16-33/h3-32,52H,1-2H3,(H,55,56,57). The molecule has 0 saturated carbocycles. The highest BCUT2D eigenvalue weighted by Gasteiger charge is 2.36. The Labute approximate surface area is 341 Å². The highest BCUT2D eigenvalue weighted by atomic mass is 16.3. The molecule has 1 atom stereocenters. The summed E-state index contributed by atoms with van der Waals surface area (Å²) in [6.45, 7) is 4.69. The lowest BCUT2D eigenvalue weighted by atomic mass is 9.82. The molecule has 0 fully saturated rings. The molecule has 10 aromatic rings. The molecule has 3 heterocycles. The van der Waals surface area contributed by atoms with Crippen molar-refractivity contribution in [3.63, 3.8) is 0 Å². The van der Waals surface area contributed by atoms with Crippen LogP contribution in [0.2, 0.25) is 0 Å². The third kappa shape index (κ3) is 5.18. The minimum Gasteiger partial charge on any atom is -0.456 e. The Bertz CT molecular complexity index is 3390. The number of para-hydroxylation sites is 1. The van der Waals surface area contributed by atoms with E-state index in [2.05, 4.69) is 181 Å². The number of nitrogens with one attached hydrogen (secondary N) is 1. The van der Waals surface area contributed by atoms with Crippen LogP contribution in [0.1, 0.15) is 47.8 Å². The molecule has 1 N–H and O–H groups in total. The van der Waals surface area contributed by atoms with E-state index in [1.807, 2.05) is 24.3 Å². The molecule has 0 radical (unpaired) electrons. The Kier molecular flexibility index (Phi) is 7.27. The molecule has 2 aliphatic rings. The van der Waals surface area contributed by atoms with E-state index in [-0.39, 0.29) is 11.6 Å². The van der Waals surface area contributed by atoms with E-state index in [0.29, 0.717) is 5.84 Å². The summed E-state index contributed by atoms with van der Waals surface area (Å²) in [4.78, 5) is 10.4. The number of hydrogen-bond donors (Lipinski definition) is 1. The maximum atomic E-state index is 6.76. The van der Waals surface area contributed by atoms with Crippen LogP contribution < -0.4 is 5.32 Å². The molecule has 59 heavy (non-hydrogen) atoms. The van der Waals surface area contributed by atoms with Crippen molar-refractivity contribution in [3.05, 3.63) is 210 Å². The number of amidine groups is 2. The maximum Gasteiger partial charge on any atom is 0.159 e. The minimum absolute atomic E-state index is 0.106. The summed E-state index contributed by atoms with van der Waals surface area (Å²) in [5.41, 5.74) is 15.6. The third-order valence-corrected chi connectivity index (χ3v) is 12.5. The van der Waals surface area contributed by atoms with Crippen LogP contribution in [0.5, 0.6) is 0 Å². The third-order valence-electron chi connectivity index (χ3n) is 12.5. The zero-order valence-corrected chi connectivity index (χ0v) is 32.6. The fourth-order valence-electron chi connectivity index (χ4n) is 9.58. The van der Waals surface area contributed by atoms with E-state index in [4.69, 9.17) is 14.4 Å². The molecule has 280 valence electrons. The lowest BCUT2D eigenvalue weighted by Crippen LogP contribution is -2.33. The number of hydrogen-bond acceptors (Lipinski definition) is 4. The van der Waals surface area contributed by atoms with Crippen LogP contribution in [0, 0.1) is 0 Å². The average Bonchev–Trinajstić information content (AvgIpc) is 3.91. The molecule has 0 saturated heterocycles. The van der Waals surface area contributed by atoms with Gasteiger partial charge >= 0.3 is 0 Å². The molecule has 5 heteroatoms. The van der Waals surface area contributed by atoms with Gasteiger partial charge in [-0.25, -0.2) is 9.98 Å². The van der Waals surface area contributed by atoms with E-state index >= 15 is 0 Å². The second-order valence-electron chi connectivity index (χ2n) is 16.2. The lowest BCUT2D eigenvalue weighted by Gasteiger charge is -2.24. The van der Waals surface area contributed by atoms with Gasteiger partial charge in [0, 0.05) is 49.8 Å². The van der Waals surface area contributed by atoms with Gasteiger partial charge in [0.1, 0.15) is 23.2 Å². The van der Waals surface area contributed by atoms with Crippen LogP contribution >= 0.6 is 0 Å². The van der Waals surface area contributed by atoms with Crippen molar-refractivity contribution in [2.45, 2.75) is 25.4 Å². The number of benzene rings is 8. The number of aromatic nitrogens is 1.